The van der Waals surface area contributed by atoms with Gasteiger partial charge in [0, 0.05) is 18.0 Å². The molecule has 0 aromatic heterocycles. The Balaban J connectivity index is 1.89. The van der Waals surface area contributed by atoms with Crippen molar-refractivity contribution >= 4 is 15.9 Å². The molecule has 4 nitrogen and oxygen atoms in total. The Labute approximate surface area is 123 Å². The molecule has 1 aromatic rings. The summed E-state index contributed by atoms with van der Waals surface area (Å²) in [7, 11) is 1.73. The quantitative estimate of drug-likeness (QED) is 0.624. The van der Waals surface area contributed by atoms with Gasteiger partial charge in [-0.25, -0.2) is 0 Å². The smallest absolute Gasteiger partial charge is 0.120 e. The highest BCUT2D eigenvalue weighted by Gasteiger charge is 1.96. The largest absolute Gasteiger partial charge is 0.491 e. The summed E-state index contributed by atoms with van der Waals surface area (Å²) in [6.45, 7) is 4.87. The van der Waals surface area contributed by atoms with Crippen molar-refractivity contribution in [3.05, 3.63) is 28.7 Å². The Morgan fingerprint density at radius 2 is 2.00 bits per heavy atom. The van der Waals surface area contributed by atoms with E-state index in [9.17, 15) is 0 Å². The third kappa shape index (κ3) is 8.99. The number of hydrogen-bond acceptors (Lipinski definition) is 3. The fourth-order valence-corrected chi connectivity index (χ4v) is 1.94. The zero-order valence-electron chi connectivity index (χ0n) is 11.4. The molecule has 0 aliphatic rings. The lowest BCUT2D eigenvalue weighted by molar-refractivity contribution is -0.656. The molecular formula is C14H23BrNO3+. The average molecular weight is 333 g/mol. The lowest BCUT2D eigenvalue weighted by Gasteiger charge is -2.07. The van der Waals surface area contributed by atoms with E-state index < -0.39 is 0 Å². The van der Waals surface area contributed by atoms with Gasteiger partial charge in [-0.05, 0) is 18.2 Å². The molecule has 0 amide bonds. The van der Waals surface area contributed by atoms with E-state index in [-0.39, 0.29) is 0 Å². The van der Waals surface area contributed by atoms with Gasteiger partial charge in [0.25, 0.3) is 0 Å². The van der Waals surface area contributed by atoms with Crippen molar-refractivity contribution in [3.63, 3.8) is 0 Å². The predicted molar refractivity (Wildman–Crippen MR) is 78.6 cm³/mol. The average Bonchev–Trinajstić information content (AvgIpc) is 2.41. The lowest BCUT2D eigenvalue weighted by atomic mass is 10.3. The van der Waals surface area contributed by atoms with Gasteiger partial charge in [-0.3, -0.25) is 0 Å². The summed E-state index contributed by atoms with van der Waals surface area (Å²) < 4.78 is 17.1. The van der Waals surface area contributed by atoms with Crippen molar-refractivity contribution in [2.24, 2.45) is 0 Å². The summed E-state index contributed by atoms with van der Waals surface area (Å²) in [6.07, 6.45) is 1.09. The summed E-state index contributed by atoms with van der Waals surface area (Å²) in [5.74, 6) is 0.865. The van der Waals surface area contributed by atoms with Gasteiger partial charge in [-0.1, -0.05) is 22.0 Å². The molecule has 0 saturated heterocycles. The normalized spacial score (nSPS) is 10.6. The first-order valence-electron chi connectivity index (χ1n) is 6.59. The number of hydrogen-bond donors (Lipinski definition) is 1. The third-order valence-corrected chi connectivity index (χ3v) is 3.01. The van der Waals surface area contributed by atoms with Gasteiger partial charge in [-0.2, -0.15) is 0 Å². The van der Waals surface area contributed by atoms with E-state index in [2.05, 4.69) is 21.2 Å². The molecule has 0 bridgehead atoms. The maximum absolute atomic E-state index is 5.56. The zero-order valence-corrected chi connectivity index (χ0v) is 13.0. The second kappa shape index (κ2) is 11.2. The Hall–Kier alpha value is -0.620. The molecule has 0 heterocycles. The van der Waals surface area contributed by atoms with Crippen LogP contribution in [0, 0.1) is 0 Å². The fraction of sp³-hybridized carbons (Fsp3) is 0.571. The van der Waals surface area contributed by atoms with Crippen LogP contribution in [0.3, 0.4) is 0 Å². The van der Waals surface area contributed by atoms with Crippen LogP contribution < -0.4 is 10.1 Å². The fourth-order valence-electron chi connectivity index (χ4n) is 1.56. The van der Waals surface area contributed by atoms with Crippen molar-refractivity contribution in [1.29, 1.82) is 0 Å². The molecule has 0 saturated carbocycles. The maximum atomic E-state index is 5.56. The standard InChI is InChI=1S/C14H22BrNO3/c1-17-8-3-6-16-7-9-18-10-11-19-14-5-2-4-13(15)12-14/h2,4-5,12,16H,3,6-11H2,1H3/p+1. The summed E-state index contributed by atoms with van der Waals surface area (Å²) in [6, 6.07) is 7.82. The maximum Gasteiger partial charge on any atom is 0.120 e. The minimum atomic E-state index is 0.583. The van der Waals surface area contributed by atoms with Crippen LogP contribution in [-0.4, -0.2) is 46.6 Å². The monoisotopic (exact) mass is 332 g/mol. The Morgan fingerprint density at radius 3 is 2.79 bits per heavy atom. The molecule has 0 unspecified atom stereocenters. The summed E-state index contributed by atoms with van der Waals surface area (Å²) in [4.78, 5) is 0. The minimum Gasteiger partial charge on any atom is -0.491 e. The first-order chi connectivity index (χ1) is 9.33. The van der Waals surface area contributed by atoms with Crippen LogP contribution in [-0.2, 0) is 9.47 Å². The molecule has 0 spiro atoms. The van der Waals surface area contributed by atoms with Crippen LogP contribution in [0.1, 0.15) is 6.42 Å². The van der Waals surface area contributed by atoms with Crippen molar-refractivity contribution in [2.75, 3.05) is 46.6 Å². The first-order valence-corrected chi connectivity index (χ1v) is 7.39. The van der Waals surface area contributed by atoms with Gasteiger partial charge >= 0.3 is 0 Å². The molecule has 0 atom stereocenters. The highest BCUT2D eigenvalue weighted by molar-refractivity contribution is 9.10. The van der Waals surface area contributed by atoms with E-state index in [1.54, 1.807) is 7.11 Å². The van der Waals surface area contributed by atoms with Gasteiger partial charge in [-0.15, -0.1) is 0 Å². The predicted octanol–water partition coefficient (Wildman–Crippen LogP) is 1.44. The van der Waals surface area contributed by atoms with Gasteiger partial charge in [0.2, 0.25) is 0 Å². The van der Waals surface area contributed by atoms with Gasteiger partial charge in [0.05, 0.1) is 32.9 Å². The Morgan fingerprint density at radius 1 is 1.11 bits per heavy atom. The van der Waals surface area contributed by atoms with Crippen molar-refractivity contribution in [2.45, 2.75) is 6.42 Å². The van der Waals surface area contributed by atoms with Crippen molar-refractivity contribution < 1.29 is 19.5 Å². The number of benzene rings is 1. The van der Waals surface area contributed by atoms with Gasteiger partial charge in [0.15, 0.2) is 0 Å². The second-order valence-electron chi connectivity index (χ2n) is 4.13. The molecule has 1 aromatic carbocycles. The van der Waals surface area contributed by atoms with Crippen molar-refractivity contribution in [3.8, 4) is 5.75 Å². The number of halogens is 1. The second-order valence-corrected chi connectivity index (χ2v) is 5.05. The van der Waals surface area contributed by atoms with Gasteiger partial charge < -0.3 is 19.5 Å². The minimum absolute atomic E-state index is 0.583. The summed E-state index contributed by atoms with van der Waals surface area (Å²) in [5, 5.41) is 2.24. The number of rotatable bonds is 11. The van der Waals surface area contributed by atoms with Crippen LogP contribution in [0.5, 0.6) is 5.75 Å². The molecule has 0 radical (unpaired) electrons. The SMILES string of the molecule is COCCC[NH2+]CCOCCOc1cccc(Br)c1. The third-order valence-electron chi connectivity index (χ3n) is 2.52. The van der Waals surface area contributed by atoms with E-state index in [1.807, 2.05) is 24.3 Å². The van der Waals surface area contributed by atoms with Crippen LogP contribution >= 0.6 is 15.9 Å². The van der Waals surface area contributed by atoms with E-state index in [0.29, 0.717) is 13.2 Å². The van der Waals surface area contributed by atoms with Crippen LogP contribution in [0.4, 0.5) is 0 Å². The highest BCUT2D eigenvalue weighted by atomic mass is 79.9. The highest BCUT2D eigenvalue weighted by Crippen LogP contribution is 2.17. The lowest BCUT2D eigenvalue weighted by Crippen LogP contribution is -2.85. The summed E-state index contributed by atoms with van der Waals surface area (Å²) in [5.41, 5.74) is 0. The van der Waals surface area contributed by atoms with E-state index in [0.717, 1.165) is 42.9 Å². The Kier molecular flexibility index (Phi) is 9.71. The van der Waals surface area contributed by atoms with Crippen molar-refractivity contribution in [1.82, 2.24) is 0 Å². The molecule has 1 rings (SSSR count). The number of methoxy groups -OCH3 is 1. The zero-order chi connectivity index (χ0) is 13.8. The Bertz CT molecular complexity index is 336. The van der Waals surface area contributed by atoms with Crippen LogP contribution in [0.2, 0.25) is 0 Å². The molecule has 19 heavy (non-hydrogen) atoms. The molecule has 5 heteroatoms. The van der Waals surface area contributed by atoms with E-state index in [4.69, 9.17) is 14.2 Å². The van der Waals surface area contributed by atoms with Crippen LogP contribution in [0.15, 0.2) is 28.7 Å². The molecule has 0 fully saturated rings. The van der Waals surface area contributed by atoms with Gasteiger partial charge in [0.1, 0.15) is 12.4 Å². The summed E-state index contributed by atoms with van der Waals surface area (Å²) >= 11 is 3.41. The number of nitrogens with two attached hydrogens (primary N) is 1. The first kappa shape index (κ1) is 16.4. The molecule has 0 aliphatic carbocycles. The molecule has 108 valence electrons. The number of ether oxygens (including phenoxy) is 3. The van der Waals surface area contributed by atoms with E-state index in [1.165, 1.54) is 0 Å². The number of quaternary nitrogens is 1. The van der Waals surface area contributed by atoms with E-state index >= 15 is 0 Å². The van der Waals surface area contributed by atoms with Crippen LogP contribution in [0.25, 0.3) is 0 Å². The molecule has 0 aliphatic heterocycles. The molecular weight excluding hydrogens is 310 g/mol. The topological polar surface area (TPSA) is 44.3 Å². The molecule has 2 N–H and O–H groups in total.